The minimum Gasteiger partial charge on any atom is -0.410 e. The molecule has 4 nitrogen and oxygen atoms in total. The molecule has 0 atom stereocenters. The second-order valence-electron chi connectivity index (χ2n) is 7.05. The van der Waals surface area contributed by atoms with E-state index in [0.29, 0.717) is 16.7 Å². The summed E-state index contributed by atoms with van der Waals surface area (Å²) in [6.45, 7) is 4.85. The van der Waals surface area contributed by atoms with Crippen LogP contribution in [0.2, 0.25) is 5.02 Å². The first-order valence-corrected chi connectivity index (χ1v) is 10.0. The van der Waals surface area contributed by atoms with Gasteiger partial charge in [-0.2, -0.15) is 0 Å². The highest BCUT2D eigenvalue weighted by molar-refractivity contribution is 6.30. The first kappa shape index (κ1) is 20.8. The van der Waals surface area contributed by atoms with Crippen molar-refractivity contribution in [2.45, 2.75) is 39.0 Å². The number of rotatable bonds is 8. The van der Waals surface area contributed by atoms with Gasteiger partial charge in [0.2, 0.25) is 0 Å². The molecule has 1 aliphatic carbocycles. The molecule has 0 saturated heterocycles. The third-order valence-electron chi connectivity index (χ3n) is 5.02. The van der Waals surface area contributed by atoms with Gasteiger partial charge in [0.05, 0.1) is 0 Å². The van der Waals surface area contributed by atoms with Gasteiger partial charge in [-0.25, -0.2) is 4.79 Å². The van der Waals surface area contributed by atoms with Crippen molar-refractivity contribution in [2.24, 2.45) is 11.8 Å². The Morgan fingerprint density at radius 2 is 1.96 bits per heavy atom. The molecule has 1 saturated carbocycles. The highest BCUT2D eigenvalue weighted by Crippen LogP contribution is 2.31. The fraction of sp³-hybridized carbons (Fsp3) is 0.571. The van der Waals surface area contributed by atoms with Crippen molar-refractivity contribution in [1.82, 2.24) is 10.2 Å². The van der Waals surface area contributed by atoms with Crippen LogP contribution in [0.4, 0.5) is 4.79 Å². The molecule has 0 heterocycles. The lowest BCUT2D eigenvalue weighted by Gasteiger charge is -2.28. The van der Waals surface area contributed by atoms with Crippen LogP contribution in [-0.2, 0) is 0 Å². The highest BCUT2D eigenvalue weighted by Gasteiger charge is 2.21. The van der Waals surface area contributed by atoms with Crippen LogP contribution in [0.15, 0.2) is 36.4 Å². The fourth-order valence-corrected chi connectivity index (χ4v) is 3.43. The quantitative estimate of drug-likeness (QED) is 0.503. The number of benzene rings is 1. The smallest absolute Gasteiger partial charge is 0.410 e. The lowest BCUT2D eigenvalue weighted by molar-refractivity contribution is 0.157. The lowest BCUT2D eigenvalue weighted by Crippen LogP contribution is -2.32. The number of carbonyl (C=O) groups excluding carboxylic acids is 1. The summed E-state index contributed by atoms with van der Waals surface area (Å²) in [6, 6.07) is 6.85. The molecule has 1 aromatic rings. The van der Waals surface area contributed by atoms with Crippen LogP contribution in [0.25, 0.3) is 0 Å². The summed E-state index contributed by atoms with van der Waals surface area (Å²) in [5, 5.41) is 3.95. The summed E-state index contributed by atoms with van der Waals surface area (Å²) >= 11 is 5.84. The SMILES string of the molecule is CCNC/C=C/[C@H]1CC[C@H](CCN(C)C(=O)Oc2ccc(Cl)cc2)CC1. The van der Waals surface area contributed by atoms with Gasteiger partial charge in [0.1, 0.15) is 5.75 Å². The van der Waals surface area contributed by atoms with E-state index in [-0.39, 0.29) is 6.09 Å². The van der Waals surface area contributed by atoms with Crippen LogP contribution in [-0.4, -0.2) is 37.7 Å². The summed E-state index contributed by atoms with van der Waals surface area (Å²) < 4.78 is 5.37. The van der Waals surface area contributed by atoms with Gasteiger partial charge in [-0.1, -0.05) is 30.7 Å². The van der Waals surface area contributed by atoms with Crippen molar-refractivity contribution in [1.29, 1.82) is 0 Å². The maximum atomic E-state index is 12.1. The maximum Gasteiger partial charge on any atom is 0.414 e. The molecule has 5 heteroatoms. The Kier molecular flexibility index (Phi) is 8.99. The molecule has 144 valence electrons. The standard InChI is InChI=1S/C21H31ClN2O2/c1-3-23-15-4-5-17-6-8-18(9-7-17)14-16-24(2)21(25)26-20-12-10-19(22)11-13-20/h4-5,10-13,17-18,23H,3,6-9,14-16H2,1-2H3/b5-4+/t17-,18-. The molecular weight excluding hydrogens is 348 g/mol. The van der Waals surface area contributed by atoms with Crippen LogP contribution in [0, 0.1) is 11.8 Å². The zero-order valence-electron chi connectivity index (χ0n) is 15.9. The summed E-state index contributed by atoms with van der Waals surface area (Å²) in [5.74, 6) is 1.95. The number of amides is 1. The second kappa shape index (κ2) is 11.2. The number of allylic oxidation sites excluding steroid dienone is 1. The van der Waals surface area contributed by atoms with Crippen molar-refractivity contribution >= 4 is 17.7 Å². The number of likely N-dealkylation sites (N-methyl/N-ethyl adjacent to an activating group) is 1. The Hall–Kier alpha value is -1.52. The summed E-state index contributed by atoms with van der Waals surface area (Å²) in [6.07, 6.45) is 10.4. The zero-order valence-corrected chi connectivity index (χ0v) is 16.7. The highest BCUT2D eigenvalue weighted by atomic mass is 35.5. The van der Waals surface area contributed by atoms with Gasteiger partial charge in [0.25, 0.3) is 0 Å². The van der Waals surface area contributed by atoms with E-state index in [9.17, 15) is 4.79 Å². The molecule has 0 spiro atoms. The van der Waals surface area contributed by atoms with Crippen LogP contribution >= 0.6 is 11.6 Å². The van der Waals surface area contributed by atoms with Crippen molar-refractivity contribution < 1.29 is 9.53 Å². The van der Waals surface area contributed by atoms with Crippen LogP contribution in [0.5, 0.6) is 5.75 Å². The molecule has 1 amide bonds. The van der Waals surface area contributed by atoms with Gasteiger partial charge in [0.15, 0.2) is 0 Å². The molecule has 1 fully saturated rings. The average molecular weight is 379 g/mol. The van der Waals surface area contributed by atoms with E-state index in [1.54, 1.807) is 36.2 Å². The Bertz CT molecular complexity index is 566. The number of nitrogens with one attached hydrogen (secondary N) is 1. The number of halogens is 1. The molecular formula is C21H31ClN2O2. The molecule has 0 unspecified atom stereocenters. The van der Waals surface area contributed by atoms with Gasteiger partial charge in [0, 0.05) is 25.2 Å². The van der Waals surface area contributed by atoms with Crippen LogP contribution < -0.4 is 10.1 Å². The zero-order chi connectivity index (χ0) is 18.8. The Labute approximate surface area is 162 Å². The predicted octanol–water partition coefficient (Wildman–Crippen LogP) is 5.13. The maximum absolute atomic E-state index is 12.1. The Morgan fingerprint density at radius 1 is 1.27 bits per heavy atom. The van der Waals surface area contributed by atoms with E-state index >= 15 is 0 Å². The number of hydrogen-bond acceptors (Lipinski definition) is 3. The van der Waals surface area contributed by atoms with E-state index in [1.807, 2.05) is 0 Å². The molecule has 0 aromatic heterocycles. The van der Waals surface area contributed by atoms with Gasteiger partial charge >= 0.3 is 6.09 Å². The average Bonchev–Trinajstić information content (AvgIpc) is 2.66. The van der Waals surface area contributed by atoms with Crippen molar-refractivity contribution in [3.05, 3.63) is 41.4 Å². The van der Waals surface area contributed by atoms with Crippen LogP contribution in [0.3, 0.4) is 0 Å². The van der Waals surface area contributed by atoms with Gasteiger partial charge in [-0.15, -0.1) is 0 Å². The molecule has 2 rings (SSSR count). The predicted molar refractivity (Wildman–Crippen MR) is 108 cm³/mol. The Balaban J connectivity index is 1.65. The first-order chi connectivity index (χ1) is 12.6. The molecule has 1 aliphatic rings. The fourth-order valence-electron chi connectivity index (χ4n) is 3.31. The van der Waals surface area contributed by atoms with E-state index in [1.165, 1.54) is 25.7 Å². The number of carbonyl (C=O) groups is 1. The number of ether oxygens (including phenoxy) is 1. The van der Waals surface area contributed by atoms with Crippen molar-refractivity contribution in [3.63, 3.8) is 0 Å². The van der Waals surface area contributed by atoms with Crippen LogP contribution in [0.1, 0.15) is 39.0 Å². The third-order valence-corrected chi connectivity index (χ3v) is 5.27. The minimum atomic E-state index is -0.313. The topological polar surface area (TPSA) is 41.6 Å². The molecule has 0 bridgehead atoms. The summed E-state index contributed by atoms with van der Waals surface area (Å²) in [5.41, 5.74) is 0. The molecule has 1 aromatic carbocycles. The summed E-state index contributed by atoms with van der Waals surface area (Å²) in [7, 11) is 1.80. The third kappa shape index (κ3) is 7.38. The molecule has 1 N–H and O–H groups in total. The molecule has 0 aliphatic heterocycles. The molecule has 0 radical (unpaired) electrons. The van der Waals surface area contributed by atoms with E-state index in [0.717, 1.165) is 32.0 Å². The monoisotopic (exact) mass is 378 g/mol. The number of hydrogen-bond donors (Lipinski definition) is 1. The van der Waals surface area contributed by atoms with Gasteiger partial charge < -0.3 is 15.0 Å². The van der Waals surface area contributed by atoms with Gasteiger partial charge in [-0.05, 0) is 74.8 Å². The minimum absolute atomic E-state index is 0.313. The van der Waals surface area contributed by atoms with Crippen molar-refractivity contribution in [2.75, 3.05) is 26.7 Å². The molecule has 26 heavy (non-hydrogen) atoms. The lowest BCUT2D eigenvalue weighted by atomic mass is 9.80. The summed E-state index contributed by atoms with van der Waals surface area (Å²) in [4.78, 5) is 13.8. The number of nitrogens with zero attached hydrogens (tertiary/aromatic N) is 1. The van der Waals surface area contributed by atoms with E-state index < -0.39 is 0 Å². The normalized spacial score (nSPS) is 20.3. The second-order valence-corrected chi connectivity index (χ2v) is 7.49. The Morgan fingerprint density at radius 3 is 2.62 bits per heavy atom. The van der Waals surface area contributed by atoms with E-state index in [2.05, 4.69) is 24.4 Å². The largest absolute Gasteiger partial charge is 0.414 e. The first-order valence-electron chi connectivity index (χ1n) is 9.64. The van der Waals surface area contributed by atoms with Crippen molar-refractivity contribution in [3.8, 4) is 5.75 Å². The van der Waals surface area contributed by atoms with E-state index in [4.69, 9.17) is 16.3 Å². The van der Waals surface area contributed by atoms with Gasteiger partial charge in [-0.3, -0.25) is 0 Å².